The zero-order valence-electron chi connectivity index (χ0n) is 11.6. The van der Waals surface area contributed by atoms with Gasteiger partial charge in [0, 0.05) is 0 Å². The van der Waals surface area contributed by atoms with Crippen molar-refractivity contribution in [2.75, 3.05) is 0 Å². The third kappa shape index (κ3) is 5.06. The van der Waals surface area contributed by atoms with Crippen molar-refractivity contribution >= 4 is 73.7 Å². The number of phenolic OH excluding ortho intramolecular Hbond substituents is 1. The number of carboxylic acid groups (broad SMARTS) is 1. The molecule has 2 aromatic carbocycles. The molecule has 0 saturated heterocycles. The minimum Gasteiger partial charge on any atom is -0.507 e. The summed E-state index contributed by atoms with van der Waals surface area (Å²) in [6.45, 7) is 0. The molecule has 2 aromatic rings. The van der Waals surface area contributed by atoms with Gasteiger partial charge in [-0.25, -0.2) is 0 Å². The Kier molecular flexibility index (Phi) is 6.74. The highest BCUT2D eigenvalue weighted by Crippen LogP contribution is 2.34. The summed E-state index contributed by atoms with van der Waals surface area (Å²) in [6.07, 6.45) is 0.263. The molecule has 23 heavy (non-hydrogen) atoms. The van der Waals surface area contributed by atoms with Crippen molar-refractivity contribution in [2.24, 2.45) is 5.73 Å². The predicted octanol–water partition coefficient (Wildman–Crippen LogP) is 3.95. The monoisotopic (exact) mass is 657 g/mol. The number of aromatic hydroxyl groups is 1. The SMILES string of the molecule is NC(C[13c]1[13cH][13c](I)[13c](Oc2ccc(O)c(I)c2)[13c](I)[13cH]1)C(=O)O. The van der Waals surface area contributed by atoms with Crippen molar-refractivity contribution in [3.63, 3.8) is 0 Å². The van der Waals surface area contributed by atoms with Gasteiger partial charge in [-0.3, -0.25) is 4.79 Å². The Balaban J connectivity index is 2.26. The van der Waals surface area contributed by atoms with Crippen LogP contribution in [0.1, 0.15) is 5.56 Å². The first kappa shape index (κ1) is 19.0. The molecule has 1 atom stereocenters. The summed E-state index contributed by atoms with van der Waals surface area (Å²) in [5.41, 5.74) is 6.43. The molecule has 0 radical (unpaired) electrons. The molecule has 0 bridgehead atoms. The lowest BCUT2D eigenvalue weighted by molar-refractivity contribution is -0.138. The predicted molar refractivity (Wildman–Crippen MR) is 112 cm³/mol. The molecule has 8 heteroatoms. The largest absolute Gasteiger partial charge is 0.507 e. The van der Waals surface area contributed by atoms with Crippen molar-refractivity contribution in [3.8, 4) is 17.2 Å². The lowest BCUT2D eigenvalue weighted by Gasteiger charge is -2.13. The Morgan fingerprint density at radius 2 is 1.74 bits per heavy atom. The van der Waals surface area contributed by atoms with Crippen LogP contribution in [-0.2, 0) is 11.2 Å². The molecular weight excluding hydrogens is 645 g/mol. The van der Waals surface area contributed by atoms with Gasteiger partial charge in [0.05, 0.1) is 10.7 Å². The third-order valence-corrected chi connectivity index (χ3v) is 5.44. The number of carboxylic acids is 1. The molecule has 0 aromatic heterocycles. The molecule has 0 amide bonds. The number of hydrogen-bond acceptors (Lipinski definition) is 4. The lowest BCUT2D eigenvalue weighted by Crippen LogP contribution is -2.32. The molecule has 122 valence electrons. The van der Waals surface area contributed by atoms with Gasteiger partial charge in [-0.15, -0.1) is 0 Å². The van der Waals surface area contributed by atoms with Crippen LogP contribution < -0.4 is 10.5 Å². The van der Waals surface area contributed by atoms with Gasteiger partial charge in [0.2, 0.25) is 0 Å². The summed E-state index contributed by atoms with van der Waals surface area (Å²) in [7, 11) is 0. The summed E-state index contributed by atoms with van der Waals surface area (Å²) in [5.74, 6) is 0.507. The van der Waals surface area contributed by atoms with Gasteiger partial charge in [-0.1, -0.05) is 0 Å². The second-order valence-corrected chi connectivity index (χ2v) is 8.24. The maximum Gasteiger partial charge on any atom is 0.320 e. The van der Waals surface area contributed by atoms with Crippen molar-refractivity contribution in [1.82, 2.24) is 0 Å². The number of benzene rings is 2. The van der Waals surface area contributed by atoms with E-state index in [1.54, 1.807) is 18.2 Å². The van der Waals surface area contributed by atoms with Crippen LogP contribution in [0.4, 0.5) is 0 Å². The Morgan fingerprint density at radius 3 is 2.26 bits per heavy atom. The smallest absolute Gasteiger partial charge is 0.320 e. The van der Waals surface area contributed by atoms with E-state index in [0.717, 1.165) is 12.7 Å². The molecule has 0 aliphatic carbocycles. The van der Waals surface area contributed by atoms with Gasteiger partial charge in [0.25, 0.3) is 0 Å². The second-order valence-electron chi connectivity index (χ2n) is 4.75. The van der Waals surface area contributed by atoms with E-state index >= 15 is 0 Å². The second kappa shape index (κ2) is 8.16. The van der Waals surface area contributed by atoms with Gasteiger partial charge >= 0.3 is 5.97 Å². The topological polar surface area (TPSA) is 92.8 Å². The zero-order chi connectivity index (χ0) is 17.1. The molecule has 0 spiro atoms. The summed E-state index contributed by atoms with van der Waals surface area (Å²) in [5, 5.41) is 18.5. The highest BCUT2D eigenvalue weighted by Gasteiger charge is 2.16. The minimum absolute atomic E-state index is 0.209. The maximum atomic E-state index is 10.9. The lowest BCUT2D eigenvalue weighted by atomic mass is 10.3. The van der Waals surface area contributed by atoms with Gasteiger partial charge < -0.3 is 20.7 Å². The molecule has 0 heterocycles. The van der Waals surface area contributed by atoms with E-state index < -0.39 is 12.0 Å². The highest BCUT2D eigenvalue weighted by molar-refractivity contribution is 14.1. The molecule has 0 aliphatic rings. The number of halogens is 3. The number of phenols is 1. The number of nitrogens with two attached hydrogens (primary N) is 1. The van der Waals surface area contributed by atoms with E-state index in [1.807, 2.05) is 34.7 Å². The van der Waals surface area contributed by atoms with Crippen LogP contribution in [0.25, 0.3) is 0 Å². The van der Waals surface area contributed by atoms with E-state index in [9.17, 15) is 9.90 Å². The molecule has 0 fully saturated rings. The van der Waals surface area contributed by atoms with Gasteiger partial charge in [0.1, 0.15) is 17.5 Å². The molecule has 4 N–H and O–H groups in total. The van der Waals surface area contributed by atoms with Crippen molar-refractivity contribution < 1.29 is 19.7 Å². The number of rotatable bonds is 5. The van der Waals surface area contributed by atoms with Crippen LogP contribution in [0.2, 0.25) is 0 Å². The van der Waals surface area contributed by atoms with Crippen LogP contribution in [-0.4, -0.2) is 22.2 Å². The summed E-state index contributed by atoms with van der Waals surface area (Å²) < 4.78 is 8.34. The fraction of sp³-hybridized carbons (Fsp3) is 0.133. The maximum absolute atomic E-state index is 10.9. The number of hydrogen-bond donors (Lipinski definition) is 3. The highest BCUT2D eigenvalue weighted by atomic mass is 127. The van der Waals surface area contributed by atoms with Gasteiger partial charge in [-0.05, 0) is 110 Å². The Labute approximate surface area is 174 Å². The van der Waals surface area contributed by atoms with E-state index in [0.29, 0.717) is 15.1 Å². The van der Waals surface area contributed by atoms with Gasteiger partial charge in [0.15, 0.2) is 5.75 Å². The minimum atomic E-state index is -1.02. The summed E-state index contributed by atoms with van der Waals surface area (Å²) >= 11 is 6.33. The van der Waals surface area contributed by atoms with E-state index in [4.69, 9.17) is 15.6 Å². The fourth-order valence-corrected chi connectivity index (χ4v) is 4.44. The molecule has 1 unspecified atom stereocenters. The summed E-state index contributed by atoms with van der Waals surface area (Å²) in [4.78, 5) is 10.9. The first-order valence-corrected chi connectivity index (χ1v) is 9.64. The van der Waals surface area contributed by atoms with Crippen molar-refractivity contribution in [1.29, 1.82) is 0 Å². The molecule has 0 aliphatic heterocycles. The Hall–Kier alpha value is -0.340. The molecule has 5 nitrogen and oxygen atoms in total. The first-order chi connectivity index (χ1) is 10.8. The third-order valence-electron chi connectivity index (χ3n) is 2.97. The Bertz CT molecular complexity index is 728. The number of carbonyl (C=O) groups is 1. The van der Waals surface area contributed by atoms with E-state index in [2.05, 4.69) is 45.2 Å². The normalized spacial score (nSPS) is 12.0. The van der Waals surface area contributed by atoms with Crippen LogP contribution in [0.5, 0.6) is 17.2 Å². The average Bonchev–Trinajstić information content (AvgIpc) is 2.46. The number of ether oxygens (including phenoxy) is 1. The first-order valence-electron chi connectivity index (χ1n) is 6.40. The van der Waals surface area contributed by atoms with Crippen molar-refractivity contribution in [3.05, 3.63) is 46.6 Å². The molecule has 0 saturated carbocycles. The zero-order valence-corrected chi connectivity index (χ0v) is 18.1. The van der Waals surface area contributed by atoms with Gasteiger partial charge in [-0.2, -0.15) is 0 Å². The standard InChI is InChI=1S/C15H12I3NO4/c16-9-6-8(1-2-13(9)20)23-14-10(17)3-7(4-11(14)18)5-12(19)15(21)22/h1-4,6,12,20H,5,19H2,(H,21,22)/i3+1,4+1,7+1,10+1,11+1,14+1. The van der Waals surface area contributed by atoms with E-state index in [1.165, 1.54) is 0 Å². The van der Waals surface area contributed by atoms with Crippen molar-refractivity contribution in [2.45, 2.75) is 12.5 Å². The van der Waals surface area contributed by atoms with Crippen LogP contribution in [0.3, 0.4) is 0 Å². The summed E-state index contributed by atoms with van der Waals surface area (Å²) in [6, 6.07) is 7.83. The number of aliphatic carboxylic acids is 1. The van der Waals surface area contributed by atoms with Crippen LogP contribution in [0, 0.1) is 10.7 Å². The molecule has 2 rings (SSSR count). The molecular formula is C15H12I3NO4. The van der Waals surface area contributed by atoms with E-state index in [-0.39, 0.29) is 12.2 Å². The Morgan fingerprint density at radius 1 is 1.13 bits per heavy atom. The van der Waals surface area contributed by atoms with Crippen LogP contribution >= 0.6 is 67.8 Å². The average molecular weight is 657 g/mol. The fourth-order valence-electron chi connectivity index (χ4n) is 1.84. The quantitative estimate of drug-likeness (QED) is 0.424. The van der Waals surface area contributed by atoms with Crippen LogP contribution in [0.15, 0.2) is 30.3 Å².